The average Bonchev–Trinajstić information content (AvgIpc) is 2.22. The molecule has 1 saturated heterocycles. The van der Waals surface area contributed by atoms with Gasteiger partial charge in [0.2, 0.25) is 0 Å². The van der Waals surface area contributed by atoms with Crippen molar-refractivity contribution in [3.05, 3.63) is 0 Å². The Bertz CT molecular complexity index is 245. The van der Waals surface area contributed by atoms with Crippen molar-refractivity contribution in [3.8, 4) is 0 Å². The van der Waals surface area contributed by atoms with Gasteiger partial charge in [-0.05, 0) is 44.1 Å². The highest BCUT2D eigenvalue weighted by molar-refractivity contribution is 5.74. The lowest BCUT2D eigenvalue weighted by Gasteiger charge is -2.34. The van der Waals surface area contributed by atoms with E-state index in [0.717, 1.165) is 32.5 Å². The fraction of sp³-hybridized carbons (Fsp3) is 0.917. The Morgan fingerprint density at radius 2 is 2.25 bits per heavy atom. The Labute approximate surface area is 97.6 Å². The summed E-state index contributed by atoms with van der Waals surface area (Å²) < 4.78 is 0. The van der Waals surface area contributed by atoms with E-state index in [2.05, 4.69) is 22.9 Å². The Balaban J connectivity index is 1.66. The molecule has 1 heterocycles. The van der Waals surface area contributed by atoms with Gasteiger partial charge in [0.05, 0.1) is 0 Å². The van der Waals surface area contributed by atoms with Crippen LogP contribution in [0.15, 0.2) is 0 Å². The predicted molar refractivity (Wildman–Crippen MR) is 64.4 cm³/mol. The first-order chi connectivity index (χ1) is 7.68. The van der Waals surface area contributed by atoms with Gasteiger partial charge in [0.1, 0.15) is 0 Å². The van der Waals surface area contributed by atoms with E-state index in [-0.39, 0.29) is 11.4 Å². The number of amides is 2. The number of nitrogens with one attached hydrogen (secondary N) is 3. The molecule has 0 aromatic heterocycles. The third-order valence-corrected chi connectivity index (χ3v) is 3.80. The summed E-state index contributed by atoms with van der Waals surface area (Å²) in [5.74, 6) is 0. The van der Waals surface area contributed by atoms with Crippen LogP contribution in [-0.2, 0) is 0 Å². The average molecular weight is 225 g/mol. The fourth-order valence-corrected chi connectivity index (χ4v) is 2.35. The van der Waals surface area contributed by atoms with E-state index in [0.29, 0.717) is 6.04 Å². The van der Waals surface area contributed by atoms with Gasteiger partial charge in [-0.25, -0.2) is 4.79 Å². The highest BCUT2D eigenvalue weighted by atomic mass is 16.2. The SMILES string of the molecule is CC1(CNC(=O)NC2CCC2)CCCNC1. The number of piperidine rings is 1. The fourth-order valence-electron chi connectivity index (χ4n) is 2.35. The molecular formula is C12H23N3O. The van der Waals surface area contributed by atoms with Gasteiger partial charge < -0.3 is 16.0 Å². The van der Waals surface area contributed by atoms with Gasteiger partial charge in [0, 0.05) is 19.1 Å². The smallest absolute Gasteiger partial charge is 0.315 e. The molecule has 0 aromatic carbocycles. The molecule has 4 nitrogen and oxygen atoms in total. The molecule has 1 saturated carbocycles. The van der Waals surface area contributed by atoms with E-state index < -0.39 is 0 Å². The summed E-state index contributed by atoms with van der Waals surface area (Å²) in [5.41, 5.74) is 0.231. The van der Waals surface area contributed by atoms with Gasteiger partial charge in [-0.3, -0.25) is 0 Å². The van der Waals surface area contributed by atoms with Crippen LogP contribution in [0.4, 0.5) is 4.79 Å². The third-order valence-electron chi connectivity index (χ3n) is 3.80. The van der Waals surface area contributed by atoms with Gasteiger partial charge in [-0.2, -0.15) is 0 Å². The Morgan fingerprint density at radius 3 is 2.81 bits per heavy atom. The van der Waals surface area contributed by atoms with Gasteiger partial charge in [0.15, 0.2) is 0 Å². The molecule has 2 rings (SSSR count). The topological polar surface area (TPSA) is 53.2 Å². The first kappa shape index (κ1) is 11.7. The second-order valence-electron chi connectivity index (χ2n) is 5.55. The zero-order valence-electron chi connectivity index (χ0n) is 10.1. The van der Waals surface area contributed by atoms with Crippen LogP contribution >= 0.6 is 0 Å². The highest BCUT2D eigenvalue weighted by Crippen LogP contribution is 2.24. The van der Waals surface area contributed by atoms with Crippen LogP contribution < -0.4 is 16.0 Å². The lowest BCUT2D eigenvalue weighted by molar-refractivity contribution is 0.204. The normalized spacial score (nSPS) is 30.6. The maximum absolute atomic E-state index is 11.6. The molecule has 1 aliphatic carbocycles. The van der Waals surface area contributed by atoms with Crippen LogP contribution in [0, 0.1) is 5.41 Å². The summed E-state index contributed by atoms with van der Waals surface area (Å²) in [4.78, 5) is 11.6. The quantitative estimate of drug-likeness (QED) is 0.676. The first-order valence-electron chi connectivity index (χ1n) is 6.43. The minimum atomic E-state index is 0.0106. The maximum Gasteiger partial charge on any atom is 0.315 e. The van der Waals surface area contributed by atoms with Crippen LogP contribution in [0.25, 0.3) is 0 Å². The Morgan fingerprint density at radius 1 is 1.44 bits per heavy atom. The minimum absolute atomic E-state index is 0.0106. The van der Waals surface area contributed by atoms with Crippen molar-refractivity contribution in [3.63, 3.8) is 0 Å². The molecule has 0 bridgehead atoms. The number of rotatable bonds is 3. The number of carbonyl (C=O) groups is 1. The first-order valence-corrected chi connectivity index (χ1v) is 6.43. The Hall–Kier alpha value is -0.770. The standard InChI is InChI=1S/C12H23N3O/c1-12(6-3-7-13-8-12)9-14-11(16)15-10-4-2-5-10/h10,13H,2-9H2,1H3,(H2,14,15,16). The van der Waals surface area contributed by atoms with Crippen LogP contribution in [-0.4, -0.2) is 31.7 Å². The molecule has 92 valence electrons. The van der Waals surface area contributed by atoms with Gasteiger partial charge in [-0.15, -0.1) is 0 Å². The van der Waals surface area contributed by atoms with Crippen LogP contribution in [0.5, 0.6) is 0 Å². The van der Waals surface area contributed by atoms with Crippen LogP contribution in [0.2, 0.25) is 0 Å². The van der Waals surface area contributed by atoms with Crippen LogP contribution in [0.3, 0.4) is 0 Å². The van der Waals surface area contributed by atoms with Crippen molar-refractivity contribution in [1.29, 1.82) is 0 Å². The summed E-state index contributed by atoms with van der Waals surface area (Å²) in [7, 11) is 0. The van der Waals surface area contributed by atoms with E-state index in [1.165, 1.54) is 19.3 Å². The molecule has 3 N–H and O–H groups in total. The second-order valence-corrected chi connectivity index (χ2v) is 5.55. The molecule has 1 atom stereocenters. The van der Waals surface area contributed by atoms with E-state index in [1.807, 2.05) is 0 Å². The highest BCUT2D eigenvalue weighted by Gasteiger charge is 2.27. The van der Waals surface area contributed by atoms with Crippen molar-refractivity contribution in [2.45, 2.75) is 45.1 Å². The van der Waals surface area contributed by atoms with E-state index >= 15 is 0 Å². The van der Waals surface area contributed by atoms with Crippen molar-refractivity contribution < 1.29 is 4.79 Å². The molecule has 4 heteroatoms. The molecular weight excluding hydrogens is 202 g/mol. The molecule has 0 aromatic rings. The van der Waals surface area contributed by atoms with Gasteiger partial charge in [0.25, 0.3) is 0 Å². The molecule has 2 aliphatic rings. The van der Waals surface area contributed by atoms with Gasteiger partial charge in [-0.1, -0.05) is 6.92 Å². The van der Waals surface area contributed by atoms with Crippen molar-refractivity contribution >= 4 is 6.03 Å². The van der Waals surface area contributed by atoms with Crippen molar-refractivity contribution in [1.82, 2.24) is 16.0 Å². The summed E-state index contributed by atoms with van der Waals surface area (Å²) in [5, 5.41) is 9.40. The number of urea groups is 1. The summed E-state index contributed by atoms with van der Waals surface area (Å²) in [6.07, 6.45) is 5.96. The Kier molecular flexibility index (Phi) is 3.69. The van der Waals surface area contributed by atoms with E-state index in [4.69, 9.17) is 0 Å². The molecule has 0 radical (unpaired) electrons. The maximum atomic E-state index is 11.6. The lowest BCUT2D eigenvalue weighted by atomic mass is 9.83. The number of hydrogen-bond acceptors (Lipinski definition) is 2. The molecule has 0 spiro atoms. The lowest BCUT2D eigenvalue weighted by Crippen LogP contribution is -2.50. The number of hydrogen-bond donors (Lipinski definition) is 3. The summed E-state index contributed by atoms with van der Waals surface area (Å²) in [6, 6.07) is 0.439. The zero-order valence-corrected chi connectivity index (χ0v) is 10.1. The van der Waals surface area contributed by atoms with Crippen molar-refractivity contribution in [2.24, 2.45) is 5.41 Å². The number of carbonyl (C=O) groups excluding carboxylic acids is 1. The summed E-state index contributed by atoms with van der Waals surface area (Å²) >= 11 is 0. The van der Waals surface area contributed by atoms with Gasteiger partial charge >= 0.3 is 6.03 Å². The molecule has 1 aliphatic heterocycles. The summed E-state index contributed by atoms with van der Waals surface area (Å²) in [6.45, 7) is 5.14. The largest absolute Gasteiger partial charge is 0.338 e. The molecule has 2 fully saturated rings. The predicted octanol–water partition coefficient (Wildman–Crippen LogP) is 1.23. The zero-order chi connectivity index (χ0) is 11.4. The molecule has 16 heavy (non-hydrogen) atoms. The second kappa shape index (κ2) is 5.04. The van der Waals surface area contributed by atoms with E-state index in [9.17, 15) is 4.79 Å². The van der Waals surface area contributed by atoms with Crippen molar-refractivity contribution in [2.75, 3.05) is 19.6 Å². The molecule has 2 amide bonds. The van der Waals surface area contributed by atoms with E-state index in [1.54, 1.807) is 0 Å². The minimum Gasteiger partial charge on any atom is -0.338 e. The monoisotopic (exact) mass is 225 g/mol. The third kappa shape index (κ3) is 3.11. The molecule has 1 unspecified atom stereocenters. The van der Waals surface area contributed by atoms with Crippen LogP contribution in [0.1, 0.15) is 39.0 Å².